The van der Waals surface area contributed by atoms with Crippen LogP contribution in [0.15, 0.2) is 48.7 Å². The Morgan fingerprint density at radius 3 is 2.54 bits per heavy atom. The standard InChI is InChI=1S/C31H39N5O5/c1-31(2,40)27-18-32-34-36(27)24-17-26(30(39)41-3)35(19-24)29(38)25(15-20-9-5-4-6-10-20)33-28(37)23-14-13-21-11-7-8-12-22(21)16-23/h7-8,11-14,16,18,20,24-26,40H,4-6,9-10,15,17,19H2,1-3H3,(H,33,37)/t24-,25+,26-/m0/s1. The third-order valence-electron chi connectivity index (χ3n) is 8.49. The first-order valence-electron chi connectivity index (χ1n) is 14.5. The number of hydrogen-bond acceptors (Lipinski definition) is 7. The molecule has 2 heterocycles. The van der Waals surface area contributed by atoms with Gasteiger partial charge >= 0.3 is 5.97 Å². The number of likely N-dealkylation sites (tertiary alicyclic amines) is 1. The number of nitrogens with zero attached hydrogens (tertiary/aromatic N) is 4. The zero-order chi connectivity index (χ0) is 29.1. The van der Waals surface area contributed by atoms with Crippen LogP contribution in [0.4, 0.5) is 0 Å². The summed E-state index contributed by atoms with van der Waals surface area (Å²) in [6, 6.07) is 11.3. The molecule has 0 unspecified atom stereocenters. The monoisotopic (exact) mass is 561 g/mol. The van der Waals surface area contributed by atoms with Crippen LogP contribution in [0.1, 0.15) is 80.9 Å². The van der Waals surface area contributed by atoms with E-state index in [4.69, 9.17) is 4.74 Å². The zero-order valence-corrected chi connectivity index (χ0v) is 24.0. The smallest absolute Gasteiger partial charge is 0.328 e. The van der Waals surface area contributed by atoms with Gasteiger partial charge in [-0.15, -0.1) is 5.10 Å². The summed E-state index contributed by atoms with van der Waals surface area (Å²) in [6.45, 7) is 3.46. The van der Waals surface area contributed by atoms with Gasteiger partial charge in [0.2, 0.25) is 5.91 Å². The fraction of sp³-hybridized carbons (Fsp3) is 0.516. The van der Waals surface area contributed by atoms with Gasteiger partial charge in [0.15, 0.2) is 0 Å². The van der Waals surface area contributed by atoms with Crippen molar-refractivity contribution in [1.29, 1.82) is 0 Å². The predicted octanol–water partition coefficient (Wildman–Crippen LogP) is 3.74. The third-order valence-corrected chi connectivity index (χ3v) is 8.49. The minimum Gasteiger partial charge on any atom is -0.467 e. The van der Waals surface area contributed by atoms with Crippen molar-refractivity contribution in [2.75, 3.05) is 13.7 Å². The lowest BCUT2D eigenvalue weighted by molar-refractivity contribution is -0.151. The largest absolute Gasteiger partial charge is 0.467 e. The van der Waals surface area contributed by atoms with Crippen molar-refractivity contribution in [2.45, 2.75) is 82.5 Å². The van der Waals surface area contributed by atoms with E-state index in [1.54, 1.807) is 24.6 Å². The molecule has 0 bridgehead atoms. The highest BCUT2D eigenvalue weighted by Gasteiger charge is 2.45. The van der Waals surface area contributed by atoms with Crippen LogP contribution in [-0.4, -0.2) is 68.5 Å². The molecule has 1 saturated heterocycles. The molecule has 2 amide bonds. The summed E-state index contributed by atoms with van der Waals surface area (Å²) in [5, 5.41) is 23.8. The Labute approximate surface area is 240 Å². The van der Waals surface area contributed by atoms with Crippen molar-refractivity contribution in [2.24, 2.45) is 5.92 Å². The zero-order valence-electron chi connectivity index (χ0n) is 24.0. The number of rotatable bonds is 8. The number of nitrogens with one attached hydrogen (secondary N) is 1. The summed E-state index contributed by atoms with van der Waals surface area (Å²) in [5.41, 5.74) is -0.242. The highest BCUT2D eigenvalue weighted by Crippen LogP contribution is 2.33. The summed E-state index contributed by atoms with van der Waals surface area (Å²) >= 11 is 0. The first kappa shape index (κ1) is 28.7. The van der Waals surface area contributed by atoms with E-state index >= 15 is 0 Å². The Morgan fingerprint density at radius 2 is 1.83 bits per heavy atom. The van der Waals surface area contributed by atoms with Crippen LogP contribution >= 0.6 is 0 Å². The van der Waals surface area contributed by atoms with Gasteiger partial charge in [0, 0.05) is 18.5 Å². The van der Waals surface area contributed by atoms with Crippen molar-refractivity contribution in [3.05, 3.63) is 59.9 Å². The van der Waals surface area contributed by atoms with E-state index < -0.39 is 29.7 Å². The molecule has 1 aliphatic heterocycles. The van der Waals surface area contributed by atoms with Crippen LogP contribution in [0.2, 0.25) is 0 Å². The molecule has 1 aromatic heterocycles. The normalized spacial score (nSPS) is 20.6. The van der Waals surface area contributed by atoms with Gasteiger partial charge in [0.05, 0.1) is 25.0 Å². The third kappa shape index (κ3) is 6.27. The minimum absolute atomic E-state index is 0.179. The molecule has 2 aromatic carbocycles. The molecule has 218 valence electrons. The number of aliphatic hydroxyl groups is 1. The van der Waals surface area contributed by atoms with E-state index in [0.717, 1.165) is 36.5 Å². The van der Waals surface area contributed by atoms with Crippen molar-refractivity contribution in [3.63, 3.8) is 0 Å². The quantitative estimate of drug-likeness (QED) is 0.401. The molecule has 3 atom stereocenters. The number of ether oxygens (including phenoxy) is 1. The molecule has 5 rings (SSSR count). The molecule has 41 heavy (non-hydrogen) atoms. The Balaban J connectivity index is 1.42. The van der Waals surface area contributed by atoms with Gasteiger partial charge < -0.3 is 20.1 Å². The molecule has 2 aliphatic rings. The summed E-state index contributed by atoms with van der Waals surface area (Å²) in [7, 11) is 1.30. The highest BCUT2D eigenvalue weighted by molar-refractivity contribution is 6.01. The molecular formula is C31H39N5O5. The number of methoxy groups -OCH3 is 1. The Bertz CT molecular complexity index is 1410. The molecule has 1 aliphatic carbocycles. The second-order valence-electron chi connectivity index (χ2n) is 11.9. The number of carbonyl (C=O) groups excluding carboxylic acids is 3. The van der Waals surface area contributed by atoms with Gasteiger partial charge in [-0.05, 0) is 49.1 Å². The summed E-state index contributed by atoms with van der Waals surface area (Å²) in [4.78, 5) is 42.2. The van der Waals surface area contributed by atoms with Crippen LogP contribution in [0.25, 0.3) is 10.8 Å². The van der Waals surface area contributed by atoms with Crippen LogP contribution in [-0.2, 0) is 19.9 Å². The van der Waals surface area contributed by atoms with E-state index in [9.17, 15) is 19.5 Å². The summed E-state index contributed by atoms with van der Waals surface area (Å²) in [6.07, 6.45) is 7.66. The second-order valence-corrected chi connectivity index (χ2v) is 11.9. The van der Waals surface area contributed by atoms with E-state index in [1.807, 2.05) is 36.4 Å². The number of fused-ring (bicyclic) bond motifs is 1. The fourth-order valence-corrected chi connectivity index (χ4v) is 6.30. The van der Waals surface area contributed by atoms with Gasteiger partial charge in [-0.1, -0.05) is 67.6 Å². The van der Waals surface area contributed by atoms with Crippen LogP contribution in [0.3, 0.4) is 0 Å². The van der Waals surface area contributed by atoms with Crippen LogP contribution < -0.4 is 5.32 Å². The van der Waals surface area contributed by atoms with Gasteiger partial charge in [0.25, 0.3) is 5.91 Å². The lowest BCUT2D eigenvalue weighted by Gasteiger charge is -2.31. The van der Waals surface area contributed by atoms with Crippen molar-refractivity contribution in [1.82, 2.24) is 25.2 Å². The maximum Gasteiger partial charge on any atom is 0.328 e. The van der Waals surface area contributed by atoms with Crippen molar-refractivity contribution >= 4 is 28.6 Å². The minimum atomic E-state index is -1.21. The number of benzene rings is 2. The SMILES string of the molecule is COC(=O)[C@@H]1C[C@H](n2nncc2C(C)(C)O)CN1C(=O)[C@@H](CC1CCCCC1)NC(=O)c1ccc2ccccc2c1. The maximum atomic E-state index is 14.2. The van der Waals surface area contributed by atoms with E-state index in [0.29, 0.717) is 23.6 Å². The average molecular weight is 562 g/mol. The second kappa shape index (κ2) is 12.0. The number of carbonyl (C=O) groups is 3. The average Bonchev–Trinajstić information content (AvgIpc) is 3.64. The topological polar surface area (TPSA) is 127 Å². The maximum absolute atomic E-state index is 14.2. The Kier molecular flexibility index (Phi) is 8.40. The van der Waals surface area contributed by atoms with Crippen LogP contribution in [0, 0.1) is 5.92 Å². The van der Waals surface area contributed by atoms with E-state index in [1.165, 1.54) is 24.6 Å². The molecule has 2 fully saturated rings. The predicted molar refractivity (Wildman–Crippen MR) is 153 cm³/mol. The first-order chi connectivity index (χ1) is 19.7. The van der Waals surface area contributed by atoms with E-state index in [-0.39, 0.29) is 24.8 Å². The number of hydrogen-bond donors (Lipinski definition) is 2. The number of amides is 2. The molecule has 3 aromatic rings. The first-order valence-corrected chi connectivity index (χ1v) is 14.5. The molecule has 10 nitrogen and oxygen atoms in total. The van der Waals surface area contributed by atoms with E-state index in [2.05, 4.69) is 15.6 Å². The fourth-order valence-electron chi connectivity index (χ4n) is 6.30. The number of aromatic nitrogens is 3. The molecule has 1 saturated carbocycles. The molecule has 10 heteroatoms. The van der Waals surface area contributed by atoms with Crippen molar-refractivity contribution in [3.8, 4) is 0 Å². The highest BCUT2D eigenvalue weighted by atomic mass is 16.5. The molecular weight excluding hydrogens is 522 g/mol. The Hall–Kier alpha value is -3.79. The molecule has 0 spiro atoms. The number of esters is 1. The molecule has 0 radical (unpaired) electrons. The van der Waals surface area contributed by atoms with Gasteiger partial charge in [-0.2, -0.15) is 0 Å². The molecule has 2 N–H and O–H groups in total. The lowest BCUT2D eigenvalue weighted by Crippen LogP contribution is -2.52. The van der Waals surface area contributed by atoms with Crippen molar-refractivity contribution < 1.29 is 24.2 Å². The summed E-state index contributed by atoms with van der Waals surface area (Å²) in [5.74, 6) is -0.854. The lowest BCUT2D eigenvalue weighted by atomic mass is 9.84. The Morgan fingerprint density at radius 1 is 1.10 bits per heavy atom. The van der Waals surface area contributed by atoms with Crippen LogP contribution in [0.5, 0.6) is 0 Å². The van der Waals surface area contributed by atoms with Gasteiger partial charge in [0.1, 0.15) is 17.7 Å². The van der Waals surface area contributed by atoms with Gasteiger partial charge in [-0.25, -0.2) is 9.48 Å². The van der Waals surface area contributed by atoms with Gasteiger partial charge in [-0.3, -0.25) is 9.59 Å². The summed E-state index contributed by atoms with van der Waals surface area (Å²) < 4.78 is 6.67.